The van der Waals surface area contributed by atoms with Crippen LogP contribution in [0.25, 0.3) is 0 Å². The van der Waals surface area contributed by atoms with Gasteiger partial charge in [-0.1, -0.05) is 0 Å². The van der Waals surface area contributed by atoms with E-state index in [0.717, 1.165) is 25.7 Å². The predicted molar refractivity (Wildman–Crippen MR) is 64.3 cm³/mol. The third kappa shape index (κ3) is 3.46. The predicted octanol–water partition coefficient (Wildman–Crippen LogP) is 1.06. The topological polar surface area (TPSA) is 50.4 Å². The van der Waals surface area contributed by atoms with E-state index in [1.165, 1.54) is 0 Å². The van der Waals surface area contributed by atoms with Crippen molar-refractivity contribution < 1.29 is 9.53 Å². The van der Waals surface area contributed by atoms with Crippen molar-refractivity contribution >= 4 is 5.91 Å². The molecular formula is C12H24N2O2. The Balaban J connectivity index is 2.36. The van der Waals surface area contributed by atoms with Crippen molar-refractivity contribution in [2.45, 2.75) is 57.2 Å². The van der Waals surface area contributed by atoms with Gasteiger partial charge in [-0.05, 0) is 46.6 Å². The van der Waals surface area contributed by atoms with Crippen LogP contribution in [-0.4, -0.2) is 37.7 Å². The zero-order chi connectivity index (χ0) is 12.2. The summed E-state index contributed by atoms with van der Waals surface area (Å²) in [7, 11) is 3.56. The van der Waals surface area contributed by atoms with Crippen LogP contribution in [0.1, 0.15) is 39.5 Å². The number of rotatable bonds is 4. The van der Waals surface area contributed by atoms with Crippen molar-refractivity contribution in [3.63, 3.8) is 0 Å². The van der Waals surface area contributed by atoms with Gasteiger partial charge in [0, 0.05) is 19.2 Å². The monoisotopic (exact) mass is 228 g/mol. The molecule has 1 amide bonds. The van der Waals surface area contributed by atoms with Crippen molar-refractivity contribution in [2.75, 3.05) is 14.2 Å². The molecule has 1 aliphatic carbocycles. The fourth-order valence-electron chi connectivity index (χ4n) is 1.98. The first-order valence-corrected chi connectivity index (χ1v) is 6.03. The van der Waals surface area contributed by atoms with Crippen LogP contribution >= 0.6 is 0 Å². The molecule has 0 atom stereocenters. The third-order valence-electron chi connectivity index (χ3n) is 3.53. The second-order valence-corrected chi connectivity index (χ2v) is 5.03. The summed E-state index contributed by atoms with van der Waals surface area (Å²) in [6, 6.07) is 0.926. The van der Waals surface area contributed by atoms with Gasteiger partial charge in [-0.3, -0.25) is 4.79 Å². The van der Waals surface area contributed by atoms with Gasteiger partial charge in [0.05, 0.1) is 0 Å². The first-order valence-electron chi connectivity index (χ1n) is 6.03. The Hall–Kier alpha value is -0.610. The minimum absolute atomic E-state index is 0.0112. The highest BCUT2D eigenvalue weighted by Crippen LogP contribution is 2.19. The Labute approximate surface area is 98.1 Å². The average molecular weight is 228 g/mol. The summed E-state index contributed by atoms with van der Waals surface area (Å²) in [6.45, 7) is 3.59. The molecule has 1 fully saturated rings. The molecule has 0 aromatic rings. The van der Waals surface area contributed by atoms with E-state index in [0.29, 0.717) is 12.1 Å². The van der Waals surface area contributed by atoms with Gasteiger partial charge in [0.15, 0.2) is 0 Å². The number of nitrogens with one attached hydrogen (secondary N) is 2. The maximum Gasteiger partial charge on any atom is 0.251 e. The van der Waals surface area contributed by atoms with E-state index in [2.05, 4.69) is 10.6 Å². The van der Waals surface area contributed by atoms with E-state index in [9.17, 15) is 4.79 Å². The second kappa shape index (κ2) is 5.64. The highest BCUT2D eigenvalue weighted by Gasteiger charge is 2.30. The van der Waals surface area contributed by atoms with Gasteiger partial charge in [0.25, 0.3) is 5.91 Å². The molecule has 0 bridgehead atoms. The molecule has 0 unspecified atom stereocenters. The number of carbonyl (C=O) groups excluding carboxylic acids is 1. The Morgan fingerprint density at radius 3 is 2.12 bits per heavy atom. The Morgan fingerprint density at radius 1 is 1.19 bits per heavy atom. The fraction of sp³-hybridized carbons (Fsp3) is 0.917. The molecule has 0 aromatic heterocycles. The highest BCUT2D eigenvalue weighted by molar-refractivity contribution is 5.84. The Morgan fingerprint density at radius 2 is 1.69 bits per heavy atom. The summed E-state index contributed by atoms with van der Waals surface area (Å²) in [6.07, 6.45) is 4.37. The number of ether oxygens (including phenoxy) is 1. The van der Waals surface area contributed by atoms with Crippen LogP contribution in [-0.2, 0) is 9.53 Å². The lowest BCUT2D eigenvalue weighted by Crippen LogP contribution is -2.49. The van der Waals surface area contributed by atoms with Gasteiger partial charge < -0.3 is 15.4 Å². The molecular weight excluding hydrogens is 204 g/mol. The summed E-state index contributed by atoms with van der Waals surface area (Å²) in [4.78, 5) is 11.9. The quantitative estimate of drug-likeness (QED) is 0.756. The zero-order valence-corrected chi connectivity index (χ0v) is 10.8. The molecule has 4 heteroatoms. The van der Waals surface area contributed by atoms with Crippen LogP contribution in [0.5, 0.6) is 0 Å². The van der Waals surface area contributed by atoms with E-state index in [1.807, 2.05) is 7.05 Å². The van der Waals surface area contributed by atoms with Gasteiger partial charge in [-0.25, -0.2) is 0 Å². The lowest BCUT2D eigenvalue weighted by atomic mass is 9.91. The van der Waals surface area contributed by atoms with Crippen molar-refractivity contribution in [1.82, 2.24) is 10.6 Å². The Kier molecular flexibility index (Phi) is 4.74. The number of amides is 1. The first-order chi connectivity index (χ1) is 7.49. The fourth-order valence-corrected chi connectivity index (χ4v) is 1.98. The molecule has 0 radical (unpaired) electrons. The molecule has 0 aromatic carbocycles. The molecule has 16 heavy (non-hydrogen) atoms. The van der Waals surface area contributed by atoms with Crippen LogP contribution < -0.4 is 10.6 Å². The molecule has 1 saturated carbocycles. The summed E-state index contributed by atoms with van der Waals surface area (Å²) in [5, 5.41) is 6.34. The summed E-state index contributed by atoms with van der Waals surface area (Å²) >= 11 is 0. The molecule has 1 aliphatic rings. The van der Waals surface area contributed by atoms with E-state index >= 15 is 0 Å². The van der Waals surface area contributed by atoms with Crippen molar-refractivity contribution in [3.8, 4) is 0 Å². The standard InChI is InChI=1S/C12H24N2O2/c1-12(2,16-4)11(15)14-10-7-5-9(13-3)6-8-10/h9-10,13H,5-8H2,1-4H3,(H,14,15). The second-order valence-electron chi connectivity index (χ2n) is 5.03. The Bertz CT molecular complexity index is 233. The molecule has 4 nitrogen and oxygen atoms in total. The molecule has 0 saturated heterocycles. The molecule has 0 heterocycles. The third-order valence-corrected chi connectivity index (χ3v) is 3.53. The molecule has 2 N–H and O–H groups in total. The minimum atomic E-state index is -0.722. The lowest BCUT2D eigenvalue weighted by molar-refractivity contribution is -0.140. The van der Waals surface area contributed by atoms with Crippen LogP contribution in [0.4, 0.5) is 0 Å². The molecule has 1 rings (SSSR count). The van der Waals surface area contributed by atoms with Crippen LogP contribution in [0, 0.1) is 0 Å². The van der Waals surface area contributed by atoms with Crippen LogP contribution in [0.15, 0.2) is 0 Å². The van der Waals surface area contributed by atoms with Crippen LogP contribution in [0.3, 0.4) is 0 Å². The maximum absolute atomic E-state index is 11.9. The zero-order valence-electron chi connectivity index (χ0n) is 10.8. The van der Waals surface area contributed by atoms with Crippen molar-refractivity contribution in [2.24, 2.45) is 0 Å². The average Bonchev–Trinajstić information content (AvgIpc) is 2.30. The highest BCUT2D eigenvalue weighted by atomic mass is 16.5. The summed E-state index contributed by atoms with van der Waals surface area (Å²) < 4.78 is 5.16. The molecule has 94 valence electrons. The summed E-state index contributed by atoms with van der Waals surface area (Å²) in [5.41, 5.74) is -0.722. The van der Waals surface area contributed by atoms with Gasteiger partial charge >= 0.3 is 0 Å². The number of hydrogen-bond donors (Lipinski definition) is 2. The van der Waals surface area contributed by atoms with Gasteiger partial charge in [-0.2, -0.15) is 0 Å². The minimum Gasteiger partial charge on any atom is -0.369 e. The number of carbonyl (C=O) groups is 1. The van der Waals surface area contributed by atoms with Gasteiger partial charge in [0.1, 0.15) is 5.60 Å². The smallest absolute Gasteiger partial charge is 0.251 e. The van der Waals surface area contributed by atoms with Crippen LogP contribution in [0.2, 0.25) is 0 Å². The number of methoxy groups -OCH3 is 1. The normalized spacial score (nSPS) is 26.5. The number of hydrogen-bond acceptors (Lipinski definition) is 3. The molecule has 0 aliphatic heterocycles. The van der Waals surface area contributed by atoms with Crippen molar-refractivity contribution in [3.05, 3.63) is 0 Å². The van der Waals surface area contributed by atoms with Gasteiger partial charge in [-0.15, -0.1) is 0 Å². The largest absolute Gasteiger partial charge is 0.369 e. The van der Waals surface area contributed by atoms with E-state index < -0.39 is 5.60 Å². The summed E-state index contributed by atoms with van der Waals surface area (Å²) in [5.74, 6) is -0.0112. The van der Waals surface area contributed by atoms with E-state index in [1.54, 1.807) is 21.0 Å². The van der Waals surface area contributed by atoms with Gasteiger partial charge in [0.2, 0.25) is 0 Å². The maximum atomic E-state index is 11.9. The first kappa shape index (κ1) is 13.5. The van der Waals surface area contributed by atoms with E-state index in [-0.39, 0.29) is 5.91 Å². The van der Waals surface area contributed by atoms with Crippen molar-refractivity contribution in [1.29, 1.82) is 0 Å². The molecule has 0 spiro atoms. The lowest BCUT2D eigenvalue weighted by Gasteiger charge is -2.31. The SMILES string of the molecule is CNC1CCC(NC(=O)C(C)(C)OC)CC1. The van der Waals surface area contributed by atoms with E-state index in [4.69, 9.17) is 4.74 Å².